The fraction of sp³-hybridized carbons (Fsp3) is 0.545. The monoisotopic (exact) mass is 167 g/mol. The Hall–Kier alpha value is -0.850. The van der Waals surface area contributed by atoms with E-state index in [4.69, 9.17) is 0 Å². The molecule has 1 atom stereocenters. The third-order valence-electron chi connectivity index (χ3n) is 1.89. The zero-order chi connectivity index (χ0) is 7.40. The topological polar surface area (TPSA) is 12.9 Å². The first-order valence-corrected chi connectivity index (χ1v) is 3.74. The van der Waals surface area contributed by atoms with Crippen molar-refractivity contribution in [2.24, 2.45) is 0 Å². The van der Waals surface area contributed by atoms with Crippen LogP contribution >= 0.6 is 0 Å². The standard InChI is InChI=1S/C9H13N.2CH4/c1-3-8(2)9-4-6-10-7-5-9;;/h4-8H,3H2,1-2H3;2*1H4. The van der Waals surface area contributed by atoms with Crippen LogP contribution in [0.3, 0.4) is 0 Å². The summed E-state index contributed by atoms with van der Waals surface area (Å²) in [5, 5.41) is 0. The lowest BCUT2D eigenvalue weighted by atomic mass is 10.0. The quantitative estimate of drug-likeness (QED) is 0.651. The van der Waals surface area contributed by atoms with Crippen molar-refractivity contribution in [2.45, 2.75) is 41.0 Å². The Morgan fingerprint density at radius 2 is 1.75 bits per heavy atom. The Morgan fingerprint density at radius 3 is 2.17 bits per heavy atom. The van der Waals surface area contributed by atoms with E-state index < -0.39 is 0 Å². The number of rotatable bonds is 2. The van der Waals surface area contributed by atoms with Gasteiger partial charge in [0.05, 0.1) is 0 Å². The minimum absolute atomic E-state index is 0. The summed E-state index contributed by atoms with van der Waals surface area (Å²) in [5.41, 5.74) is 1.39. The van der Waals surface area contributed by atoms with Gasteiger partial charge in [0.1, 0.15) is 0 Å². The average molecular weight is 167 g/mol. The minimum atomic E-state index is 0. The minimum Gasteiger partial charge on any atom is -0.265 e. The van der Waals surface area contributed by atoms with Gasteiger partial charge in [-0.05, 0) is 30.0 Å². The fourth-order valence-electron chi connectivity index (χ4n) is 0.928. The van der Waals surface area contributed by atoms with Crippen molar-refractivity contribution in [3.63, 3.8) is 0 Å². The number of pyridine rings is 1. The molecule has 0 bridgehead atoms. The second-order valence-corrected chi connectivity index (χ2v) is 2.59. The third kappa shape index (κ3) is 3.51. The molecule has 1 heteroatoms. The number of nitrogens with zero attached hydrogens (tertiary/aromatic N) is 1. The summed E-state index contributed by atoms with van der Waals surface area (Å²) in [4.78, 5) is 3.96. The summed E-state index contributed by atoms with van der Waals surface area (Å²) in [7, 11) is 0. The van der Waals surface area contributed by atoms with Crippen molar-refractivity contribution in [2.75, 3.05) is 0 Å². The van der Waals surface area contributed by atoms with Crippen molar-refractivity contribution in [1.82, 2.24) is 4.98 Å². The molecule has 0 saturated heterocycles. The summed E-state index contributed by atoms with van der Waals surface area (Å²) >= 11 is 0. The van der Waals surface area contributed by atoms with Gasteiger partial charge in [0.2, 0.25) is 0 Å². The molecule has 0 amide bonds. The Labute approximate surface area is 76.9 Å². The summed E-state index contributed by atoms with van der Waals surface area (Å²) < 4.78 is 0. The molecule has 0 aliphatic carbocycles. The van der Waals surface area contributed by atoms with Crippen LogP contribution in [0.1, 0.15) is 46.6 Å². The lowest BCUT2D eigenvalue weighted by Crippen LogP contribution is -1.89. The number of hydrogen-bond donors (Lipinski definition) is 0. The molecule has 0 N–H and O–H groups in total. The van der Waals surface area contributed by atoms with Gasteiger partial charge in [0.25, 0.3) is 0 Å². The van der Waals surface area contributed by atoms with Crippen molar-refractivity contribution < 1.29 is 0 Å². The smallest absolute Gasteiger partial charge is 0.0270 e. The second kappa shape index (κ2) is 6.84. The largest absolute Gasteiger partial charge is 0.265 e. The Bertz CT molecular complexity index is 181. The van der Waals surface area contributed by atoms with Crippen LogP contribution in [0.4, 0.5) is 0 Å². The summed E-state index contributed by atoms with van der Waals surface area (Å²) in [6.07, 6.45) is 4.90. The van der Waals surface area contributed by atoms with E-state index in [2.05, 4.69) is 31.0 Å². The summed E-state index contributed by atoms with van der Waals surface area (Å²) in [6.45, 7) is 4.43. The maximum atomic E-state index is 3.96. The van der Waals surface area contributed by atoms with Crippen LogP contribution in [0, 0.1) is 0 Å². The van der Waals surface area contributed by atoms with Crippen molar-refractivity contribution in [3.05, 3.63) is 30.1 Å². The fourth-order valence-corrected chi connectivity index (χ4v) is 0.928. The lowest BCUT2D eigenvalue weighted by Gasteiger charge is -2.06. The van der Waals surface area contributed by atoms with Gasteiger partial charge < -0.3 is 0 Å². The molecule has 0 saturated carbocycles. The second-order valence-electron chi connectivity index (χ2n) is 2.59. The molecule has 1 aromatic heterocycles. The lowest BCUT2D eigenvalue weighted by molar-refractivity contribution is 0.732. The van der Waals surface area contributed by atoms with Gasteiger partial charge in [-0.1, -0.05) is 28.7 Å². The Balaban J connectivity index is 0. The van der Waals surface area contributed by atoms with Crippen LogP contribution in [-0.2, 0) is 0 Å². The van der Waals surface area contributed by atoms with Crippen LogP contribution < -0.4 is 0 Å². The van der Waals surface area contributed by atoms with Crippen molar-refractivity contribution >= 4 is 0 Å². The van der Waals surface area contributed by atoms with Gasteiger partial charge in [-0.15, -0.1) is 0 Å². The Morgan fingerprint density at radius 1 is 1.25 bits per heavy atom. The van der Waals surface area contributed by atoms with Crippen LogP contribution in [0.2, 0.25) is 0 Å². The maximum Gasteiger partial charge on any atom is 0.0270 e. The molecule has 1 rings (SSSR count). The molecule has 1 unspecified atom stereocenters. The average Bonchev–Trinajstić information content (AvgIpc) is 2.05. The number of hydrogen-bond acceptors (Lipinski definition) is 1. The van der Waals surface area contributed by atoms with E-state index in [-0.39, 0.29) is 14.9 Å². The maximum absolute atomic E-state index is 3.96. The van der Waals surface area contributed by atoms with Gasteiger partial charge in [-0.25, -0.2) is 0 Å². The van der Waals surface area contributed by atoms with Gasteiger partial charge >= 0.3 is 0 Å². The molecule has 1 heterocycles. The van der Waals surface area contributed by atoms with Crippen molar-refractivity contribution in [1.29, 1.82) is 0 Å². The predicted octanol–water partition coefficient (Wildman–Crippen LogP) is 3.87. The highest BCUT2D eigenvalue weighted by atomic mass is 14.6. The molecule has 0 aliphatic heterocycles. The molecule has 0 aromatic carbocycles. The highest BCUT2D eigenvalue weighted by Crippen LogP contribution is 2.16. The first-order chi connectivity index (χ1) is 4.84. The highest BCUT2D eigenvalue weighted by molar-refractivity contribution is 5.14. The third-order valence-corrected chi connectivity index (χ3v) is 1.89. The van der Waals surface area contributed by atoms with Crippen LogP contribution in [0.25, 0.3) is 0 Å². The first-order valence-electron chi connectivity index (χ1n) is 3.74. The molecule has 1 nitrogen and oxygen atoms in total. The van der Waals surface area contributed by atoms with Gasteiger partial charge in [-0.2, -0.15) is 0 Å². The van der Waals surface area contributed by atoms with E-state index >= 15 is 0 Å². The Kier molecular flexibility index (Phi) is 7.82. The molecule has 0 radical (unpaired) electrons. The van der Waals surface area contributed by atoms with E-state index in [9.17, 15) is 0 Å². The van der Waals surface area contributed by atoms with Crippen LogP contribution in [0.5, 0.6) is 0 Å². The van der Waals surface area contributed by atoms with E-state index in [1.165, 1.54) is 12.0 Å². The molecule has 0 spiro atoms. The SMILES string of the molecule is C.C.CCC(C)c1ccncc1. The predicted molar refractivity (Wildman–Crippen MR) is 56.4 cm³/mol. The highest BCUT2D eigenvalue weighted by Gasteiger charge is 1.99. The summed E-state index contributed by atoms with van der Waals surface area (Å²) in [6, 6.07) is 4.16. The molecular formula is C11H21N. The molecule has 12 heavy (non-hydrogen) atoms. The normalized spacial score (nSPS) is 10.8. The number of aromatic nitrogens is 1. The van der Waals surface area contributed by atoms with Crippen molar-refractivity contribution in [3.8, 4) is 0 Å². The van der Waals surface area contributed by atoms with Gasteiger partial charge in [-0.3, -0.25) is 4.98 Å². The molecular weight excluding hydrogens is 146 g/mol. The van der Waals surface area contributed by atoms with Gasteiger partial charge in [0.15, 0.2) is 0 Å². The molecule has 0 fully saturated rings. The molecule has 1 aromatic rings. The van der Waals surface area contributed by atoms with E-state index in [1.807, 2.05) is 12.4 Å². The first kappa shape index (κ1) is 13.7. The summed E-state index contributed by atoms with van der Waals surface area (Å²) in [5.74, 6) is 0.669. The van der Waals surface area contributed by atoms with Gasteiger partial charge in [0, 0.05) is 12.4 Å². The van der Waals surface area contributed by atoms with E-state index in [0.29, 0.717) is 5.92 Å². The molecule has 70 valence electrons. The van der Waals surface area contributed by atoms with Crippen LogP contribution in [-0.4, -0.2) is 4.98 Å². The zero-order valence-corrected chi connectivity index (χ0v) is 6.54. The zero-order valence-electron chi connectivity index (χ0n) is 6.54. The van der Waals surface area contributed by atoms with Crippen LogP contribution in [0.15, 0.2) is 24.5 Å². The van der Waals surface area contributed by atoms with E-state index in [0.717, 1.165) is 0 Å². The van der Waals surface area contributed by atoms with E-state index in [1.54, 1.807) is 0 Å². The molecule has 0 aliphatic rings.